The number of benzene rings is 1. The molecule has 2 rings (SSSR count). The number of ether oxygens (including phenoxy) is 1. The first-order valence-electron chi connectivity index (χ1n) is 5.73. The van der Waals surface area contributed by atoms with E-state index < -0.39 is 5.97 Å². The molecule has 1 saturated heterocycles. The van der Waals surface area contributed by atoms with Gasteiger partial charge in [-0.15, -0.1) is 0 Å². The van der Waals surface area contributed by atoms with Gasteiger partial charge in [0.2, 0.25) is 0 Å². The molecule has 0 bridgehead atoms. The summed E-state index contributed by atoms with van der Waals surface area (Å²) in [7, 11) is 0. The van der Waals surface area contributed by atoms with Crippen LogP contribution in [0.3, 0.4) is 0 Å². The maximum absolute atomic E-state index is 11.0. The summed E-state index contributed by atoms with van der Waals surface area (Å²) in [5.41, 5.74) is 1.30. The van der Waals surface area contributed by atoms with Gasteiger partial charge >= 0.3 is 5.97 Å². The highest BCUT2D eigenvalue weighted by molar-refractivity contribution is 7.99. The van der Waals surface area contributed by atoms with Crippen molar-refractivity contribution in [3.8, 4) is 0 Å². The Morgan fingerprint density at radius 2 is 2.29 bits per heavy atom. The summed E-state index contributed by atoms with van der Waals surface area (Å²) in [4.78, 5) is 11.0. The SMILES string of the molecule is CC1OCCC1SCc1ccccc1C(=O)O. The summed E-state index contributed by atoms with van der Waals surface area (Å²) in [6.45, 7) is 2.90. The van der Waals surface area contributed by atoms with Crippen LogP contribution in [0.25, 0.3) is 0 Å². The van der Waals surface area contributed by atoms with Gasteiger partial charge in [0.15, 0.2) is 0 Å². The molecule has 0 aliphatic carbocycles. The monoisotopic (exact) mass is 252 g/mol. The van der Waals surface area contributed by atoms with E-state index in [-0.39, 0.29) is 6.10 Å². The molecule has 17 heavy (non-hydrogen) atoms. The molecule has 2 unspecified atom stereocenters. The van der Waals surface area contributed by atoms with E-state index in [0.717, 1.165) is 24.3 Å². The Kier molecular flexibility index (Phi) is 4.07. The topological polar surface area (TPSA) is 46.5 Å². The fourth-order valence-electron chi connectivity index (χ4n) is 1.98. The zero-order valence-corrected chi connectivity index (χ0v) is 10.6. The molecule has 2 atom stereocenters. The summed E-state index contributed by atoms with van der Waals surface area (Å²) < 4.78 is 5.49. The third-order valence-electron chi connectivity index (χ3n) is 3.01. The molecular formula is C13H16O3S. The average molecular weight is 252 g/mol. The molecule has 3 nitrogen and oxygen atoms in total. The Morgan fingerprint density at radius 3 is 2.94 bits per heavy atom. The predicted molar refractivity (Wildman–Crippen MR) is 68.5 cm³/mol. The molecule has 1 aliphatic rings. The zero-order chi connectivity index (χ0) is 12.3. The lowest BCUT2D eigenvalue weighted by Crippen LogP contribution is -2.14. The van der Waals surface area contributed by atoms with Crippen LogP contribution < -0.4 is 0 Å². The lowest BCUT2D eigenvalue weighted by atomic mass is 10.1. The number of aromatic carboxylic acids is 1. The van der Waals surface area contributed by atoms with Crippen molar-refractivity contribution in [1.82, 2.24) is 0 Å². The molecule has 0 radical (unpaired) electrons. The van der Waals surface area contributed by atoms with Crippen molar-refractivity contribution in [1.29, 1.82) is 0 Å². The van der Waals surface area contributed by atoms with E-state index in [2.05, 4.69) is 6.92 Å². The number of rotatable bonds is 4. The largest absolute Gasteiger partial charge is 0.478 e. The molecule has 92 valence electrons. The Hall–Kier alpha value is -1.00. The van der Waals surface area contributed by atoms with Crippen LogP contribution in [-0.2, 0) is 10.5 Å². The van der Waals surface area contributed by atoms with E-state index in [1.807, 2.05) is 12.1 Å². The maximum atomic E-state index is 11.0. The second-order valence-corrected chi connectivity index (χ2v) is 5.40. The first-order valence-corrected chi connectivity index (χ1v) is 6.78. The minimum Gasteiger partial charge on any atom is -0.478 e. The van der Waals surface area contributed by atoms with Crippen molar-refractivity contribution in [3.05, 3.63) is 35.4 Å². The second kappa shape index (κ2) is 5.56. The molecule has 0 aromatic heterocycles. The van der Waals surface area contributed by atoms with Gasteiger partial charge in [-0.1, -0.05) is 18.2 Å². The van der Waals surface area contributed by atoms with E-state index in [1.165, 1.54) is 0 Å². The third kappa shape index (κ3) is 3.01. The quantitative estimate of drug-likeness (QED) is 0.895. The Labute approximate surface area is 105 Å². The Balaban J connectivity index is 2.01. The van der Waals surface area contributed by atoms with Crippen LogP contribution in [0.2, 0.25) is 0 Å². The molecule has 1 heterocycles. The fraction of sp³-hybridized carbons (Fsp3) is 0.462. The van der Waals surface area contributed by atoms with Crippen LogP contribution >= 0.6 is 11.8 Å². The number of carbonyl (C=O) groups is 1. The van der Waals surface area contributed by atoms with Gasteiger partial charge in [-0.25, -0.2) is 4.79 Å². The lowest BCUT2D eigenvalue weighted by Gasteiger charge is -2.14. The van der Waals surface area contributed by atoms with Crippen LogP contribution in [0, 0.1) is 0 Å². The van der Waals surface area contributed by atoms with Crippen LogP contribution in [0.4, 0.5) is 0 Å². The van der Waals surface area contributed by atoms with Gasteiger partial charge in [0, 0.05) is 17.6 Å². The molecule has 1 aromatic carbocycles. The lowest BCUT2D eigenvalue weighted by molar-refractivity contribution is 0.0696. The van der Waals surface area contributed by atoms with Gasteiger partial charge in [0.1, 0.15) is 0 Å². The number of thioether (sulfide) groups is 1. The van der Waals surface area contributed by atoms with Gasteiger partial charge in [0.05, 0.1) is 11.7 Å². The fourth-order valence-corrected chi connectivity index (χ4v) is 3.24. The number of hydrogen-bond acceptors (Lipinski definition) is 3. The number of carboxylic acids is 1. The Morgan fingerprint density at radius 1 is 1.53 bits per heavy atom. The second-order valence-electron chi connectivity index (χ2n) is 4.18. The van der Waals surface area contributed by atoms with Crippen molar-refractivity contribution >= 4 is 17.7 Å². The standard InChI is InChI=1S/C13H16O3S/c1-9-12(6-7-16-9)17-8-10-4-2-3-5-11(10)13(14)15/h2-5,9,12H,6-8H2,1H3,(H,14,15). The molecule has 1 aromatic rings. The van der Waals surface area contributed by atoms with Crippen molar-refractivity contribution < 1.29 is 14.6 Å². The molecule has 0 amide bonds. The zero-order valence-electron chi connectivity index (χ0n) is 9.76. The molecule has 4 heteroatoms. The van der Waals surface area contributed by atoms with Crippen molar-refractivity contribution in [3.63, 3.8) is 0 Å². The number of carboxylic acid groups (broad SMARTS) is 1. The predicted octanol–water partition coefficient (Wildman–Crippen LogP) is 2.80. The average Bonchev–Trinajstić information content (AvgIpc) is 2.72. The van der Waals surface area contributed by atoms with Gasteiger partial charge < -0.3 is 9.84 Å². The van der Waals surface area contributed by atoms with Gasteiger partial charge in [-0.2, -0.15) is 11.8 Å². The molecule has 0 spiro atoms. The highest BCUT2D eigenvalue weighted by Gasteiger charge is 2.24. The summed E-state index contributed by atoms with van der Waals surface area (Å²) in [6.07, 6.45) is 1.33. The summed E-state index contributed by atoms with van der Waals surface area (Å²) >= 11 is 1.79. The Bertz CT molecular complexity index is 405. The first kappa shape index (κ1) is 12.5. The highest BCUT2D eigenvalue weighted by atomic mass is 32.2. The summed E-state index contributed by atoms with van der Waals surface area (Å²) in [5.74, 6) is -0.113. The smallest absolute Gasteiger partial charge is 0.335 e. The summed E-state index contributed by atoms with van der Waals surface area (Å²) in [6, 6.07) is 7.19. The van der Waals surface area contributed by atoms with E-state index in [9.17, 15) is 4.79 Å². The van der Waals surface area contributed by atoms with Crippen LogP contribution in [-0.4, -0.2) is 29.0 Å². The van der Waals surface area contributed by atoms with Crippen molar-refractivity contribution in [2.24, 2.45) is 0 Å². The molecule has 0 saturated carbocycles. The first-order chi connectivity index (χ1) is 8.18. The third-order valence-corrected chi connectivity index (χ3v) is 4.53. The van der Waals surface area contributed by atoms with E-state index in [4.69, 9.17) is 9.84 Å². The number of hydrogen-bond donors (Lipinski definition) is 1. The van der Waals surface area contributed by atoms with Gasteiger partial charge in [-0.3, -0.25) is 0 Å². The summed E-state index contributed by atoms with van der Waals surface area (Å²) in [5, 5.41) is 9.56. The van der Waals surface area contributed by atoms with E-state index >= 15 is 0 Å². The molecule has 1 fully saturated rings. The van der Waals surface area contributed by atoms with Crippen molar-refractivity contribution in [2.45, 2.75) is 30.5 Å². The highest BCUT2D eigenvalue weighted by Crippen LogP contribution is 2.29. The van der Waals surface area contributed by atoms with Crippen LogP contribution in [0.15, 0.2) is 24.3 Å². The van der Waals surface area contributed by atoms with E-state index in [1.54, 1.807) is 23.9 Å². The minimum atomic E-state index is -0.850. The van der Waals surface area contributed by atoms with E-state index in [0.29, 0.717) is 10.8 Å². The normalized spacial score (nSPS) is 23.8. The van der Waals surface area contributed by atoms with Crippen molar-refractivity contribution in [2.75, 3.05) is 6.61 Å². The molecule has 1 aliphatic heterocycles. The minimum absolute atomic E-state index is 0.275. The van der Waals surface area contributed by atoms with Gasteiger partial charge in [-0.05, 0) is 25.0 Å². The van der Waals surface area contributed by atoms with Gasteiger partial charge in [0.25, 0.3) is 0 Å². The maximum Gasteiger partial charge on any atom is 0.335 e. The van der Waals surface area contributed by atoms with Crippen LogP contribution in [0.5, 0.6) is 0 Å². The van der Waals surface area contributed by atoms with Crippen LogP contribution in [0.1, 0.15) is 29.3 Å². The molecule has 1 N–H and O–H groups in total. The molecular weight excluding hydrogens is 236 g/mol.